The first-order valence-corrected chi connectivity index (χ1v) is 9.15. The first-order valence-electron chi connectivity index (χ1n) is 8.36. The normalized spacial score (nSPS) is 11.5. The summed E-state index contributed by atoms with van der Waals surface area (Å²) >= 11 is 3.43. The molecule has 0 fully saturated rings. The van der Waals surface area contributed by atoms with E-state index in [4.69, 9.17) is 0 Å². The van der Waals surface area contributed by atoms with Crippen molar-refractivity contribution in [1.29, 1.82) is 0 Å². The molecular formula is C20H20BrN3O2. The molecule has 0 bridgehead atoms. The fraction of sp³-hybridized carbons (Fsp3) is 0.250. The molecule has 0 aliphatic heterocycles. The minimum absolute atomic E-state index is 0.119. The average Bonchev–Trinajstić information content (AvgIpc) is 2.63. The second kappa shape index (κ2) is 7.41. The van der Waals surface area contributed by atoms with E-state index in [2.05, 4.69) is 45.3 Å². The van der Waals surface area contributed by atoms with Crippen molar-refractivity contribution in [3.8, 4) is 0 Å². The van der Waals surface area contributed by atoms with Gasteiger partial charge < -0.3 is 5.32 Å². The lowest BCUT2D eigenvalue weighted by molar-refractivity contribution is -0.120. The number of hydrogen-bond acceptors (Lipinski definition) is 3. The quantitative estimate of drug-likeness (QED) is 0.673. The zero-order chi connectivity index (χ0) is 18.7. The molecule has 5 nitrogen and oxygen atoms in total. The Kier molecular flexibility index (Phi) is 5.23. The maximum atomic E-state index is 12.4. The van der Waals surface area contributed by atoms with Gasteiger partial charge in [0, 0.05) is 21.8 Å². The van der Waals surface area contributed by atoms with E-state index < -0.39 is 0 Å². The molecule has 1 heterocycles. The highest BCUT2D eigenvalue weighted by Gasteiger charge is 2.21. The van der Waals surface area contributed by atoms with Gasteiger partial charge in [-0.05, 0) is 23.8 Å². The Bertz CT molecular complexity index is 994. The highest BCUT2D eigenvalue weighted by molar-refractivity contribution is 9.10. The van der Waals surface area contributed by atoms with Crippen LogP contribution in [0.15, 0.2) is 57.8 Å². The van der Waals surface area contributed by atoms with Crippen molar-refractivity contribution < 1.29 is 4.79 Å². The van der Waals surface area contributed by atoms with Crippen molar-refractivity contribution in [3.05, 3.63) is 74.6 Å². The molecule has 0 aliphatic rings. The summed E-state index contributed by atoms with van der Waals surface area (Å²) < 4.78 is 1.03. The van der Waals surface area contributed by atoms with Gasteiger partial charge in [0.2, 0.25) is 5.91 Å². The van der Waals surface area contributed by atoms with E-state index in [9.17, 15) is 9.59 Å². The summed E-state index contributed by atoms with van der Waals surface area (Å²) in [6.07, 6.45) is 0.119. The summed E-state index contributed by atoms with van der Waals surface area (Å²) in [5, 5.41) is 10.7. The molecule has 3 aromatic rings. The summed E-state index contributed by atoms with van der Waals surface area (Å²) in [6.45, 7) is 4.68. The fourth-order valence-electron chi connectivity index (χ4n) is 2.84. The van der Waals surface area contributed by atoms with Crippen molar-refractivity contribution in [2.45, 2.75) is 25.7 Å². The van der Waals surface area contributed by atoms with Crippen LogP contribution in [0, 0.1) is 0 Å². The van der Waals surface area contributed by atoms with Gasteiger partial charge in [-0.3, -0.25) is 9.59 Å². The molecule has 0 atom stereocenters. The van der Waals surface area contributed by atoms with Crippen molar-refractivity contribution in [3.63, 3.8) is 0 Å². The number of nitrogens with zero attached hydrogens (tertiary/aromatic N) is 1. The number of carbonyl (C=O) groups is 1. The van der Waals surface area contributed by atoms with Gasteiger partial charge in [-0.15, -0.1) is 0 Å². The topological polar surface area (TPSA) is 74.8 Å². The molecule has 0 unspecified atom stereocenters. The Morgan fingerprint density at radius 3 is 2.46 bits per heavy atom. The van der Waals surface area contributed by atoms with Crippen LogP contribution in [0.2, 0.25) is 0 Å². The molecule has 0 aliphatic carbocycles. The molecule has 1 aromatic heterocycles. The number of halogens is 1. The highest BCUT2D eigenvalue weighted by Crippen LogP contribution is 2.24. The number of amides is 1. The van der Waals surface area contributed by atoms with E-state index >= 15 is 0 Å². The third-order valence-corrected chi connectivity index (χ3v) is 4.98. The fourth-order valence-corrected chi connectivity index (χ4v) is 3.11. The van der Waals surface area contributed by atoms with Gasteiger partial charge in [0.25, 0.3) is 5.56 Å². The molecule has 0 saturated heterocycles. The highest BCUT2D eigenvalue weighted by atomic mass is 79.9. The molecular weight excluding hydrogens is 394 g/mol. The minimum atomic E-state index is -0.249. The van der Waals surface area contributed by atoms with Gasteiger partial charge in [0.15, 0.2) is 0 Å². The third-order valence-electron chi connectivity index (χ3n) is 4.46. The Balaban J connectivity index is 1.71. The molecule has 6 heteroatoms. The molecule has 2 aromatic carbocycles. The van der Waals surface area contributed by atoms with E-state index in [-0.39, 0.29) is 23.3 Å². The van der Waals surface area contributed by atoms with Gasteiger partial charge in [0.1, 0.15) is 0 Å². The zero-order valence-electron chi connectivity index (χ0n) is 14.7. The molecule has 0 spiro atoms. The van der Waals surface area contributed by atoms with E-state index in [0.717, 1.165) is 10.0 Å². The van der Waals surface area contributed by atoms with Crippen LogP contribution in [0.25, 0.3) is 10.8 Å². The third kappa shape index (κ3) is 4.02. The summed E-state index contributed by atoms with van der Waals surface area (Å²) in [7, 11) is 0. The molecule has 0 saturated carbocycles. The monoisotopic (exact) mass is 413 g/mol. The van der Waals surface area contributed by atoms with Crippen LogP contribution in [0.1, 0.15) is 25.1 Å². The summed E-state index contributed by atoms with van der Waals surface area (Å²) in [5.41, 5.74) is 1.27. The number of benzene rings is 2. The van der Waals surface area contributed by atoms with Crippen molar-refractivity contribution in [1.82, 2.24) is 15.5 Å². The Hall–Kier alpha value is -2.47. The lowest BCUT2D eigenvalue weighted by Gasteiger charge is -2.25. The maximum Gasteiger partial charge on any atom is 0.272 e. The van der Waals surface area contributed by atoms with E-state index in [1.807, 2.05) is 36.4 Å². The maximum absolute atomic E-state index is 12.4. The first kappa shape index (κ1) is 18.3. The largest absolute Gasteiger partial charge is 0.355 e. The van der Waals surface area contributed by atoms with E-state index in [0.29, 0.717) is 23.0 Å². The van der Waals surface area contributed by atoms with Gasteiger partial charge in [0.05, 0.1) is 17.5 Å². The molecule has 134 valence electrons. The number of fused-ring (bicyclic) bond motifs is 1. The Labute approximate surface area is 160 Å². The standard InChI is InChI=1S/C20H20BrN3O2/c1-20(2,13-7-9-14(21)10-8-13)12-22-18(25)11-17-15-5-3-4-6-16(15)19(26)24-23-17/h3-10H,11-12H2,1-2H3,(H,22,25)(H,24,26). The lowest BCUT2D eigenvalue weighted by Crippen LogP contribution is -2.37. The number of carbonyl (C=O) groups excluding carboxylic acids is 1. The van der Waals surface area contributed by atoms with E-state index in [1.54, 1.807) is 12.1 Å². The van der Waals surface area contributed by atoms with E-state index in [1.165, 1.54) is 0 Å². The number of aromatic amines is 1. The smallest absolute Gasteiger partial charge is 0.272 e. The van der Waals surface area contributed by atoms with Crippen LogP contribution in [-0.4, -0.2) is 22.6 Å². The van der Waals surface area contributed by atoms with Crippen LogP contribution in [0.5, 0.6) is 0 Å². The first-order chi connectivity index (χ1) is 12.4. The molecule has 0 radical (unpaired) electrons. The van der Waals surface area contributed by atoms with Gasteiger partial charge in [-0.25, -0.2) is 5.10 Å². The summed E-state index contributed by atoms with van der Waals surface area (Å²) in [4.78, 5) is 24.3. The molecule has 26 heavy (non-hydrogen) atoms. The number of hydrogen-bond donors (Lipinski definition) is 2. The summed E-state index contributed by atoms with van der Waals surface area (Å²) in [6, 6.07) is 15.3. The number of rotatable bonds is 5. The van der Waals surface area contributed by atoms with Crippen molar-refractivity contribution >= 4 is 32.6 Å². The van der Waals surface area contributed by atoms with Gasteiger partial charge in [-0.1, -0.05) is 60.1 Å². The molecule has 2 N–H and O–H groups in total. The predicted octanol–water partition coefficient (Wildman–Crippen LogP) is 3.32. The number of aromatic nitrogens is 2. The molecule has 1 amide bonds. The second-order valence-electron chi connectivity index (χ2n) is 6.89. The second-order valence-corrected chi connectivity index (χ2v) is 7.80. The summed E-state index contributed by atoms with van der Waals surface area (Å²) in [5.74, 6) is -0.125. The SMILES string of the molecule is CC(C)(CNC(=O)Cc1n[nH]c(=O)c2ccccc12)c1ccc(Br)cc1. The molecule has 3 rings (SSSR count). The average molecular weight is 414 g/mol. The van der Waals surface area contributed by atoms with Gasteiger partial charge >= 0.3 is 0 Å². The Morgan fingerprint density at radius 2 is 1.77 bits per heavy atom. The van der Waals surface area contributed by atoms with Crippen molar-refractivity contribution in [2.24, 2.45) is 0 Å². The number of H-pyrrole nitrogens is 1. The van der Waals surface area contributed by atoms with Crippen LogP contribution < -0.4 is 10.9 Å². The number of nitrogens with one attached hydrogen (secondary N) is 2. The van der Waals surface area contributed by atoms with Crippen LogP contribution in [0.4, 0.5) is 0 Å². The Morgan fingerprint density at radius 1 is 1.12 bits per heavy atom. The van der Waals surface area contributed by atoms with Crippen LogP contribution in [0.3, 0.4) is 0 Å². The van der Waals surface area contributed by atoms with Crippen LogP contribution in [-0.2, 0) is 16.6 Å². The zero-order valence-corrected chi connectivity index (χ0v) is 16.3. The van der Waals surface area contributed by atoms with Gasteiger partial charge in [-0.2, -0.15) is 5.10 Å². The lowest BCUT2D eigenvalue weighted by atomic mass is 9.84. The van der Waals surface area contributed by atoms with Crippen molar-refractivity contribution in [2.75, 3.05) is 6.54 Å². The van der Waals surface area contributed by atoms with Crippen LogP contribution >= 0.6 is 15.9 Å². The minimum Gasteiger partial charge on any atom is -0.355 e. The predicted molar refractivity (Wildman–Crippen MR) is 106 cm³/mol.